The number of anilines is 1. The molecule has 2 aromatic carbocycles. The van der Waals surface area contributed by atoms with Crippen LogP contribution in [0.3, 0.4) is 0 Å². The first kappa shape index (κ1) is 14.8. The van der Waals surface area contributed by atoms with Crippen molar-refractivity contribution in [3.8, 4) is 11.8 Å². The molecule has 0 saturated heterocycles. The zero-order valence-corrected chi connectivity index (χ0v) is 11.2. The fourth-order valence-corrected chi connectivity index (χ4v) is 1.96. The predicted octanol–water partition coefficient (Wildman–Crippen LogP) is 4.35. The maximum absolute atomic E-state index is 12.1. The molecule has 0 heterocycles. The van der Waals surface area contributed by atoms with Crippen LogP contribution in [0.2, 0.25) is 0 Å². The van der Waals surface area contributed by atoms with Gasteiger partial charge in [-0.25, -0.2) is 0 Å². The van der Waals surface area contributed by atoms with Crippen LogP contribution in [0, 0.1) is 11.3 Å². The van der Waals surface area contributed by atoms with Crippen molar-refractivity contribution in [3.63, 3.8) is 0 Å². The number of nitrogens with one attached hydrogen (secondary N) is 1. The van der Waals surface area contributed by atoms with Crippen molar-refractivity contribution >= 4 is 5.69 Å². The first-order valence-electron chi connectivity index (χ1n) is 6.42. The Morgan fingerprint density at radius 1 is 1.05 bits per heavy atom. The highest BCUT2D eigenvalue weighted by atomic mass is 19.3. The van der Waals surface area contributed by atoms with Gasteiger partial charge in [0.25, 0.3) is 0 Å². The quantitative estimate of drug-likeness (QED) is 0.859. The molecule has 3 nitrogen and oxygen atoms in total. The summed E-state index contributed by atoms with van der Waals surface area (Å²) in [7, 11) is 0. The van der Waals surface area contributed by atoms with E-state index in [9.17, 15) is 8.78 Å². The minimum atomic E-state index is -2.83. The Kier molecular flexibility index (Phi) is 5.10. The van der Waals surface area contributed by atoms with Gasteiger partial charge in [-0.1, -0.05) is 30.3 Å². The van der Waals surface area contributed by atoms with Gasteiger partial charge in [0.1, 0.15) is 5.75 Å². The molecule has 0 aromatic heterocycles. The van der Waals surface area contributed by atoms with Crippen molar-refractivity contribution in [2.75, 3.05) is 5.32 Å². The predicted molar refractivity (Wildman–Crippen MR) is 76.1 cm³/mol. The van der Waals surface area contributed by atoms with Crippen LogP contribution in [0.1, 0.15) is 18.0 Å². The van der Waals surface area contributed by atoms with Gasteiger partial charge in [0.05, 0.1) is 18.5 Å². The fourth-order valence-electron chi connectivity index (χ4n) is 1.96. The number of halogens is 2. The lowest BCUT2D eigenvalue weighted by Gasteiger charge is -2.18. The lowest BCUT2D eigenvalue weighted by atomic mass is 10.0. The molecular weight excluding hydrogens is 274 g/mol. The molecule has 1 unspecified atom stereocenters. The van der Waals surface area contributed by atoms with Crippen LogP contribution < -0.4 is 10.1 Å². The van der Waals surface area contributed by atoms with Crippen molar-refractivity contribution in [2.24, 2.45) is 0 Å². The summed E-state index contributed by atoms with van der Waals surface area (Å²) in [5, 5.41) is 12.1. The van der Waals surface area contributed by atoms with Crippen LogP contribution in [-0.2, 0) is 0 Å². The fraction of sp³-hybridized carbons (Fsp3) is 0.188. The van der Waals surface area contributed by atoms with E-state index in [2.05, 4.69) is 16.1 Å². The summed E-state index contributed by atoms with van der Waals surface area (Å²) in [6, 6.07) is 17.8. The van der Waals surface area contributed by atoms with Crippen molar-refractivity contribution in [3.05, 3.63) is 60.2 Å². The van der Waals surface area contributed by atoms with Crippen LogP contribution >= 0.6 is 0 Å². The Bertz CT molecular complexity index is 594. The van der Waals surface area contributed by atoms with Crippen molar-refractivity contribution in [2.45, 2.75) is 19.1 Å². The van der Waals surface area contributed by atoms with Gasteiger partial charge in [-0.3, -0.25) is 0 Å². The number of nitrogens with zero attached hydrogens (tertiary/aromatic N) is 1. The summed E-state index contributed by atoms with van der Waals surface area (Å²) >= 11 is 0. The molecule has 0 aliphatic heterocycles. The summed E-state index contributed by atoms with van der Waals surface area (Å²) in [6.07, 6.45) is 0.305. The number of rotatable bonds is 6. The minimum Gasteiger partial charge on any atom is -0.435 e. The molecule has 0 radical (unpaired) electrons. The first-order chi connectivity index (χ1) is 10.2. The zero-order valence-electron chi connectivity index (χ0n) is 11.2. The van der Waals surface area contributed by atoms with E-state index in [4.69, 9.17) is 5.26 Å². The van der Waals surface area contributed by atoms with Crippen LogP contribution in [0.25, 0.3) is 0 Å². The van der Waals surface area contributed by atoms with E-state index in [0.717, 1.165) is 11.3 Å². The van der Waals surface area contributed by atoms with Gasteiger partial charge in [0.15, 0.2) is 0 Å². The highest BCUT2D eigenvalue weighted by Gasteiger charge is 2.11. The molecule has 0 bridgehead atoms. The third-order valence-electron chi connectivity index (χ3n) is 2.92. The average Bonchev–Trinajstić information content (AvgIpc) is 2.49. The Morgan fingerprint density at radius 2 is 1.71 bits per heavy atom. The molecule has 0 aliphatic rings. The number of nitriles is 1. The second kappa shape index (κ2) is 7.25. The van der Waals surface area contributed by atoms with E-state index >= 15 is 0 Å². The number of hydrogen-bond acceptors (Lipinski definition) is 3. The van der Waals surface area contributed by atoms with E-state index in [1.165, 1.54) is 12.1 Å². The normalized spacial score (nSPS) is 11.7. The molecule has 5 heteroatoms. The Hall–Kier alpha value is -2.61. The first-order valence-corrected chi connectivity index (χ1v) is 6.42. The van der Waals surface area contributed by atoms with Gasteiger partial charge in [-0.2, -0.15) is 14.0 Å². The molecule has 0 fully saturated rings. The van der Waals surface area contributed by atoms with E-state index in [-0.39, 0.29) is 11.8 Å². The summed E-state index contributed by atoms with van der Waals surface area (Å²) in [4.78, 5) is 0. The largest absolute Gasteiger partial charge is 0.435 e. The molecule has 2 rings (SSSR count). The Balaban J connectivity index is 2.09. The molecule has 0 saturated carbocycles. The smallest absolute Gasteiger partial charge is 0.387 e. The van der Waals surface area contributed by atoms with Crippen molar-refractivity contribution in [1.82, 2.24) is 0 Å². The van der Waals surface area contributed by atoms with Crippen LogP contribution in [-0.4, -0.2) is 6.61 Å². The standard InChI is InChI=1S/C16H14F2N2O/c17-16(18)21-14-8-6-13(7-9-14)20-15(10-11-19)12-4-2-1-3-5-12/h1-9,15-16,20H,10H2. The van der Waals surface area contributed by atoms with Gasteiger partial charge < -0.3 is 10.1 Å². The van der Waals surface area contributed by atoms with Crippen molar-refractivity contribution in [1.29, 1.82) is 5.26 Å². The molecule has 21 heavy (non-hydrogen) atoms. The topological polar surface area (TPSA) is 45.0 Å². The van der Waals surface area contributed by atoms with Gasteiger partial charge in [-0.15, -0.1) is 0 Å². The number of benzene rings is 2. The number of hydrogen-bond donors (Lipinski definition) is 1. The molecule has 108 valence electrons. The van der Waals surface area contributed by atoms with E-state index < -0.39 is 6.61 Å². The van der Waals surface area contributed by atoms with Gasteiger partial charge >= 0.3 is 6.61 Å². The third-order valence-corrected chi connectivity index (χ3v) is 2.92. The summed E-state index contributed by atoms with van der Waals surface area (Å²) in [6.45, 7) is -2.83. The van der Waals surface area contributed by atoms with Gasteiger partial charge in [0, 0.05) is 5.69 Å². The maximum atomic E-state index is 12.1. The molecule has 0 spiro atoms. The minimum absolute atomic E-state index is 0.104. The monoisotopic (exact) mass is 288 g/mol. The maximum Gasteiger partial charge on any atom is 0.387 e. The van der Waals surface area contributed by atoms with Crippen LogP contribution in [0.5, 0.6) is 5.75 Å². The Morgan fingerprint density at radius 3 is 2.29 bits per heavy atom. The molecule has 2 aromatic rings. The zero-order chi connectivity index (χ0) is 15.1. The number of ether oxygens (including phenoxy) is 1. The van der Waals surface area contributed by atoms with Crippen LogP contribution in [0.15, 0.2) is 54.6 Å². The highest BCUT2D eigenvalue weighted by molar-refractivity contribution is 5.48. The summed E-state index contributed by atoms with van der Waals surface area (Å²) in [5.74, 6) is 0.104. The van der Waals surface area contributed by atoms with E-state index in [1.807, 2.05) is 30.3 Å². The second-order valence-corrected chi connectivity index (χ2v) is 4.37. The van der Waals surface area contributed by atoms with Gasteiger partial charge in [0.2, 0.25) is 0 Å². The Labute approximate surface area is 121 Å². The summed E-state index contributed by atoms with van der Waals surface area (Å²) < 4.78 is 28.5. The molecule has 0 aliphatic carbocycles. The lowest BCUT2D eigenvalue weighted by Crippen LogP contribution is -2.10. The molecule has 1 N–H and O–H groups in total. The van der Waals surface area contributed by atoms with E-state index in [0.29, 0.717) is 6.42 Å². The SMILES string of the molecule is N#CCC(Nc1ccc(OC(F)F)cc1)c1ccccc1. The molecule has 1 atom stereocenters. The third kappa shape index (κ3) is 4.46. The summed E-state index contributed by atoms with van der Waals surface area (Å²) in [5.41, 5.74) is 1.73. The second-order valence-electron chi connectivity index (χ2n) is 4.37. The lowest BCUT2D eigenvalue weighted by molar-refractivity contribution is -0.0498. The highest BCUT2D eigenvalue weighted by Crippen LogP contribution is 2.24. The average molecular weight is 288 g/mol. The molecule has 0 amide bonds. The van der Waals surface area contributed by atoms with Crippen LogP contribution in [0.4, 0.5) is 14.5 Å². The van der Waals surface area contributed by atoms with Crippen molar-refractivity contribution < 1.29 is 13.5 Å². The number of alkyl halides is 2. The van der Waals surface area contributed by atoms with E-state index in [1.54, 1.807) is 12.1 Å². The molecular formula is C16H14F2N2O. The van der Waals surface area contributed by atoms with Gasteiger partial charge in [-0.05, 0) is 29.8 Å².